The van der Waals surface area contributed by atoms with Gasteiger partial charge < -0.3 is 14.7 Å². The summed E-state index contributed by atoms with van der Waals surface area (Å²) in [7, 11) is 2.07. The fourth-order valence-electron chi connectivity index (χ4n) is 2.00. The van der Waals surface area contributed by atoms with Crippen LogP contribution in [0.1, 0.15) is 26.2 Å². The molecule has 0 aromatic carbocycles. The molecule has 94 valence electrons. The average molecular weight is 229 g/mol. The van der Waals surface area contributed by atoms with E-state index in [0.717, 1.165) is 51.5 Å². The number of hydrogen-bond acceptors (Lipinski definition) is 3. The zero-order valence-electron chi connectivity index (χ0n) is 10.3. The Morgan fingerprint density at radius 2 is 2.12 bits per heavy atom. The van der Waals surface area contributed by atoms with E-state index in [2.05, 4.69) is 11.9 Å². The maximum atomic E-state index is 10.7. The van der Waals surface area contributed by atoms with Gasteiger partial charge in [-0.15, -0.1) is 0 Å². The maximum Gasteiger partial charge on any atom is 0.306 e. The summed E-state index contributed by atoms with van der Waals surface area (Å²) in [5.74, 6) is -0.213. The molecule has 1 aliphatic heterocycles. The van der Waals surface area contributed by atoms with Crippen molar-refractivity contribution in [2.45, 2.75) is 26.2 Å². The van der Waals surface area contributed by atoms with Crippen LogP contribution in [-0.4, -0.2) is 49.3 Å². The summed E-state index contributed by atoms with van der Waals surface area (Å²) >= 11 is 0. The lowest BCUT2D eigenvalue weighted by Crippen LogP contribution is -2.31. The lowest BCUT2D eigenvalue weighted by molar-refractivity contribution is -0.141. The first-order valence-corrected chi connectivity index (χ1v) is 6.08. The maximum absolute atomic E-state index is 10.7. The Morgan fingerprint density at radius 3 is 2.69 bits per heavy atom. The van der Waals surface area contributed by atoms with E-state index in [1.54, 1.807) is 6.92 Å². The summed E-state index contributed by atoms with van der Waals surface area (Å²) in [6.45, 7) is 5.46. The number of ether oxygens (including phenoxy) is 1. The van der Waals surface area contributed by atoms with E-state index in [1.165, 1.54) is 0 Å². The number of carboxylic acid groups (broad SMARTS) is 1. The zero-order valence-corrected chi connectivity index (χ0v) is 10.3. The molecule has 4 nitrogen and oxygen atoms in total. The molecule has 1 saturated heterocycles. The van der Waals surface area contributed by atoms with Crippen molar-refractivity contribution in [1.29, 1.82) is 0 Å². The number of carbonyl (C=O) groups is 1. The molecule has 0 radical (unpaired) electrons. The van der Waals surface area contributed by atoms with Crippen molar-refractivity contribution in [2.24, 2.45) is 11.8 Å². The lowest BCUT2D eigenvalue weighted by Gasteiger charge is -2.27. The average Bonchev–Trinajstić information content (AvgIpc) is 2.27. The third-order valence-electron chi connectivity index (χ3n) is 3.28. The quantitative estimate of drug-likeness (QED) is 0.749. The third kappa shape index (κ3) is 4.94. The summed E-state index contributed by atoms with van der Waals surface area (Å²) in [5, 5.41) is 8.78. The van der Waals surface area contributed by atoms with Crippen LogP contribution < -0.4 is 0 Å². The normalized spacial score (nSPS) is 19.9. The summed E-state index contributed by atoms with van der Waals surface area (Å²) < 4.78 is 5.31. The monoisotopic (exact) mass is 229 g/mol. The molecule has 1 heterocycles. The van der Waals surface area contributed by atoms with E-state index in [-0.39, 0.29) is 5.92 Å². The Morgan fingerprint density at radius 1 is 1.50 bits per heavy atom. The second-order valence-electron chi connectivity index (χ2n) is 4.85. The van der Waals surface area contributed by atoms with E-state index in [1.807, 2.05) is 0 Å². The smallest absolute Gasteiger partial charge is 0.306 e. The van der Waals surface area contributed by atoms with Gasteiger partial charge in [-0.25, -0.2) is 0 Å². The number of nitrogens with zero attached hydrogens (tertiary/aromatic N) is 1. The van der Waals surface area contributed by atoms with Crippen molar-refractivity contribution in [1.82, 2.24) is 4.90 Å². The first-order chi connectivity index (χ1) is 7.59. The van der Waals surface area contributed by atoms with Crippen molar-refractivity contribution in [3.63, 3.8) is 0 Å². The molecular weight excluding hydrogens is 206 g/mol. The van der Waals surface area contributed by atoms with Gasteiger partial charge in [0.25, 0.3) is 0 Å². The number of rotatable bonds is 6. The Labute approximate surface area is 97.6 Å². The minimum Gasteiger partial charge on any atom is -0.481 e. The van der Waals surface area contributed by atoms with E-state index in [0.29, 0.717) is 0 Å². The Hall–Kier alpha value is -0.610. The highest BCUT2D eigenvalue weighted by Gasteiger charge is 2.17. The SMILES string of the molecule is CC(CCN(C)CC1CCOCC1)C(=O)O. The van der Waals surface area contributed by atoms with E-state index < -0.39 is 5.97 Å². The molecule has 0 aliphatic carbocycles. The van der Waals surface area contributed by atoms with Crippen molar-refractivity contribution < 1.29 is 14.6 Å². The zero-order chi connectivity index (χ0) is 12.0. The minimum absolute atomic E-state index is 0.239. The van der Waals surface area contributed by atoms with Gasteiger partial charge in [0, 0.05) is 19.8 Å². The molecule has 1 N–H and O–H groups in total. The van der Waals surface area contributed by atoms with Gasteiger partial charge >= 0.3 is 5.97 Å². The number of carboxylic acids is 1. The van der Waals surface area contributed by atoms with Crippen LogP contribution in [0.15, 0.2) is 0 Å². The van der Waals surface area contributed by atoms with Crippen LogP contribution in [0.5, 0.6) is 0 Å². The Kier molecular flexibility index (Phi) is 5.77. The molecule has 16 heavy (non-hydrogen) atoms. The topological polar surface area (TPSA) is 49.8 Å². The van der Waals surface area contributed by atoms with Crippen molar-refractivity contribution in [3.8, 4) is 0 Å². The van der Waals surface area contributed by atoms with Gasteiger partial charge in [-0.3, -0.25) is 4.79 Å². The van der Waals surface area contributed by atoms with E-state index in [9.17, 15) is 4.79 Å². The highest BCUT2D eigenvalue weighted by Crippen LogP contribution is 2.16. The van der Waals surface area contributed by atoms with Gasteiger partial charge in [-0.2, -0.15) is 0 Å². The first-order valence-electron chi connectivity index (χ1n) is 6.08. The van der Waals surface area contributed by atoms with Gasteiger partial charge in [-0.1, -0.05) is 6.92 Å². The van der Waals surface area contributed by atoms with Crippen molar-refractivity contribution >= 4 is 5.97 Å². The van der Waals surface area contributed by atoms with E-state index >= 15 is 0 Å². The molecule has 1 aliphatic rings. The van der Waals surface area contributed by atoms with Crippen LogP contribution in [0.2, 0.25) is 0 Å². The predicted octanol–water partition coefficient (Wildman–Crippen LogP) is 1.46. The number of hydrogen-bond donors (Lipinski definition) is 1. The number of aliphatic carboxylic acids is 1. The predicted molar refractivity (Wildman–Crippen MR) is 62.5 cm³/mol. The molecule has 0 aromatic rings. The summed E-state index contributed by atoms with van der Waals surface area (Å²) in [6.07, 6.45) is 3.01. The largest absolute Gasteiger partial charge is 0.481 e. The molecular formula is C12H23NO3. The first kappa shape index (κ1) is 13.5. The van der Waals surface area contributed by atoms with Crippen LogP contribution in [0.25, 0.3) is 0 Å². The highest BCUT2D eigenvalue weighted by molar-refractivity contribution is 5.69. The minimum atomic E-state index is -0.695. The molecule has 1 unspecified atom stereocenters. The Bertz CT molecular complexity index is 214. The van der Waals surface area contributed by atoms with Crippen molar-refractivity contribution in [2.75, 3.05) is 33.4 Å². The highest BCUT2D eigenvalue weighted by atomic mass is 16.5. The van der Waals surface area contributed by atoms with Crippen molar-refractivity contribution in [3.05, 3.63) is 0 Å². The molecule has 1 fully saturated rings. The lowest BCUT2D eigenvalue weighted by atomic mass is 9.99. The molecule has 1 rings (SSSR count). The third-order valence-corrected chi connectivity index (χ3v) is 3.28. The standard InChI is InChI=1S/C12H23NO3/c1-10(12(14)15)3-6-13(2)9-11-4-7-16-8-5-11/h10-11H,3-9H2,1-2H3,(H,14,15). The van der Waals surface area contributed by atoms with Crippen LogP contribution in [0.3, 0.4) is 0 Å². The van der Waals surface area contributed by atoms with Crippen LogP contribution >= 0.6 is 0 Å². The van der Waals surface area contributed by atoms with Crippen LogP contribution in [-0.2, 0) is 9.53 Å². The molecule has 0 bridgehead atoms. The molecule has 0 aromatic heterocycles. The second kappa shape index (κ2) is 6.86. The molecule has 0 amide bonds. The molecule has 0 spiro atoms. The fraction of sp³-hybridized carbons (Fsp3) is 0.917. The molecule has 4 heteroatoms. The fourth-order valence-corrected chi connectivity index (χ4v) is 2.00. The van der Waals surface area contributed by atoms with E-state index in [4.69, 9.17) is 9.84 Å². The summed E-state index contributed by atoms with van der Waals surface area (Å²) in [4.78, 5) is 12.9. The summed E-state index contributed by atoms with van der Waals surface area (Å²) in [6, 6.07) is 0. The van der Waals surface area contributed by atoms with Gasteiger partial charge in [0.05, 0.1) is 5.92 Å². The van der Waals surface area contributed by atoms with Gasteiger partial charge in [0.1, 0.15) is 0 Å². The molecule has 0 saturated carbocycles. The Balaban J connectivity index is 2.14. The summed E-state index contributed by atoms with van der Waals surface area (Å²) in [5.41, 5.74) is 0. The van der Waals surface area contributed by atoms with Gasteiger partial charge in [0.2, 0.25) is 0 Å². The molecule has 1 atom stereocenters. The van der Waals surface area contributed by atoms with Gasteiger partial charge in [0.15, 0.2) is 0 Å². The van der Waals surface area contributed by atoms with Crippen LogP contribution in [0, 0.1) is 11.8 Å². The van der Waals surface area contributed by atoms with Crippen LogP contribution in [0.4, 0.5) is 0 Å². The second-order valence-corrected chi connectivity index (χ2v) is 4.85. The van der Waals surface area contributed by atoms with Gasteiger partial charge in [-0.05, 0) is 38.8 Å².